The average molecular weight is 275 g/mol. The largest absolute Gasteiger partial charge is 0.493 e. The molecule has 1 N–H and O–H groups in total. The molecule has 0 radical (unpaired) electrons. The Morgan fingerprint density at radius 1 is 1.35 bits per heavy atom. The quantitative estimate of drug-likeness (QED) is 0.809. The number of rotatable bonds is 6. The highest BCUT2D eigenvalue weighted by Crippen LogP contribution is 2.36. The molecule has 2 atom stereocenters. The van der Waals surface area contributed by atoms with E-state index in [0.29, 0.717) is 12.1 Å². The van der Waals surface area contributed by atoms with Crippen LogP contribution in [0.3, 0.4) is 0 Å². The lowest BCUT2D eigenvalue weighted by Crippen LogP contribution is -2.12. The van der Waals surface area contributed by atoms with Crippen LogP contribution < -0.4 is 10.1 Å². The van der Waals surface area contributed by atoms with Gasteiger partial charge < -0.3 is 14.8 Å². The van der Waals surface area contributed by atoms with E-state index in [2.05, 4.69) is 23.5 Å². The molecule has 1 aliphatic carbocycles. The SMILES string of the molecule is CNC1CCc2c(OCCCC3CCCO3)cccc21. The van der Waals surface area contributed by atoms with Gasteiger partial charge in [-0.05, 0) is 62.8 Å². The van der Waals surface area contributed by atoms with E-state index in [1.807, 2.05) is 7.05 Å². The molecule has 1 saturated heterocycles. The molecule has 3 nitrogen and oxygen atoms in total. The van der Waals surface area contributed by atoms with E-state index >= 15 is 0 Å². The van der Waals surface area contributed by atoms with Crippen LogP contribution in [-0.2, 0) is 11.2 Å². The van der Waals surface area contributed by atoms with Crippen molar-refractivity contribution in [3.63, 3.8) is 0 Å². The molecule has 3 rings (SSSR count). The summed E-state index contributed by atoms with van der Waals surface area (Å²) in [6, 6.07) is 6.95. The van der Waals surface area contributed by atoms with Gasteiger partial charge >= 0.3 is 0 Å². The van der Waals surface area contributed by atoms with Gasteiger partial charge in [-0.1, -0.05) is 12.1 Å². The first kappa shape index (κ1) is 13.9. The Kier molecular flexibility index (Phi) is 4.58. The normalized spacial score (nSPS) is 24.9. The molecule has 0 spiro atoms. The van der Waals surface area contributed by atoms with E-state index in [0.717, 1.165) is 38.2 Å². The maximum absolute atomic E-state index is 6.02. The molecule has 1 aromatic rings. The zero-order chi connectivity index (χ0) is 13.8. The Morgan fingerprint density at radius 3 is 3.10 bits per heavy atom. The second-order valence-electron chi connectivity index (χ2n) is 5.83. The first-order valence-corrected chi connectivity index (χ1v) is 7.92. The Bertz CT molecular complexity index is 441. The van der Waals surface area contributed by atoms with Gasteiger partial charge in [0.25, 0.3) is 0 Å². The van der Waals surface area contributed by atoms with E-state index in [4.69, 9.17) is 9.47 Å². The molecule has 3 heteroatoms. The summed E-state index contributed by atoms with van der Waals surface area (Å²) in [5.41, 5.74) is 2.83. The maximum Gasteiger partial charge on any atom is 0.122 e. The number of fused-ring (bicyclic) bond motifs is 1. The highest BCUT2D eigenvalue weighted by atomic mass is 16.5. The van der Waals surface area contributed by atoms with Gasteiger partial charge in [-0.2, -0.15) is 0 Å². The predicted molar refractivity (Wildman–Crippen MR) is 80.3 cm³/mol. The Hall–Kier alpha value is -1.06. The zero-order valence-corrected chi connectivity index (χ0v) is 12.4. The third-order valence-corrected chi connectivity index (χ3v) is 4.53. The first-order chi connectivity index (χ1) is 9.88. The lowest BCUT2D eigenvalue weighted by Gasteiger charge is -2.14. The molecule has 1 aromatic carbocycles. The van der Waals surface area contributed by atoms with Gasteiger partial charge in [0.1, 0.15) is 5.75 Å². The number of nitrogens with one attached hydrogen (secondary N) is 1. The molecular formula is C17H25NO2. The van der Waals surface area contributed by atoms with E-state index in [1.54, 1.807) is 0 Å². The fourth-order valence-electron chi connectivity index (χ4n) is 3.42. The first-order valence-electron chi connectivity index (χ1n) is 7.92. The van der Waals surface area contributed by atoms with E-state index in [-0.39, 0.29) is 0 Å². The average Bonchev–Trinajstić information content (AvgIpc) is 3.12. The van der Waals surface area contributed by atoms with Crippen LogP contribution in [0.1, 0.15) is 49.3 Å². The second-order valence-corrected chi connectivity index (χ2v) is 5.83. The molecule has 0 amide bonds. The molecule has 0 saturated carbocycles. The van der Waals surface area contributed by atoms with Gasteiger partial charge in [0, 0.05) is 12.6 Å². The Labute approximate surface area is 121 Å². The zero-order valence-electron chi connectivity index (χ0n) is 12.4. The highest BCUT2D eigenvalue weighted by Gasteiger charge is 2.23. The summed E-state index contributed by atoms with van der Waals surface area (Å²) in [7, 11) is 2.04. The van der Waals surface area contributed by atoms with Crippen LogP contribution in [0.5, 0.6) is 5.75 Å². The van der Waals surface area contributed by atoms with Crippen molar-refractivity contribution in [1.82, 2.24) is 5.32 Å². The molecule has 0 bridgehead atoms. The summed E-state index contributed by atoms with van der Waals surface area (Å²) < 4.78 is 11.7. The topological polar surface area (TPSA) is 30.5 Å². The Morgan fingerprint density at radius 2 is 2.30 bits per heavy atom. The third-order valence-electron chi connectivity index (χ3n) is 4.53. The highest BCUT2D eigenvalue weighted by molar-refractivity contribution is 5.45. The van der Waals surface area contributed by atoms with Crippen molar-refractivity contribution in [2.75, 3.05) is 20.3 Å². The number of hydrogen-bond acceptors (Lipinski definition) is 3. The number of benzene rings is 1. The number of ether oxygens (including phenoxy) is 2. The minimum atomic E-state index is 0.480. The summed E-state index contributed by atoms with van der Waals surface area (Å²) in [4.78, 5) is 0. The summed E-state index contributed by atoms with van der Waals surface area (Å²) in [6.07, 6.45) is 7.46. The molecule has 20 heavy (non-hydrogen) atoms. The lowest BCUT2D eigenvalue weighted by atomic mass is 10.1. The van der Waals surface area contributed by atoms with Crippen LogP contribution >= 0.6 is 0 Å². The predicted octanol–water partition coefficient (Wildman–Crippen LogP) is 3.23. The molecule has 1 heterocycles. The van der Waals surface area contributed by atoms with Crippen LogP contribution in [0.25, 0.3) is 0 Å². The standard InChI is InChI=1S/C17H25NO2/c1-18-16-10-9-15-14(16)7-2-8-17(15)20-12-4-6-13-5-3-11-19-13/h2,7-8,13,16,18H,3-6,9-12H2,1H3. The van der Waals surface area contributed by atoms with Gasteiger partial charge in [-0.25, -0.2) is 0 Å². The van der Waals surface area contributed by atoms with E-state index in [9.17, 15) is 0 Å². The fraction of sp³-hybridized carbons (Fsp3) is 0.647. The summed E-state index contributed by atoms with van der Waals surface area (Å²) >= 11 is 0. The van der Waals surface area contributed by atoms with Crippen LogP contribution in [0.2, 0.25) is 0 Å². The van der Waals surface area contributed by atoms with Crippen molar-refractivity contribution in [3.8, 4) is 5.75 Å². The molecule has 1 aliphatic heterocycles. The maximum atomic E-state index is 6.02. The summed E-state index contributed by atoms with van der Waals surface area (Å²) in [5, 5.41) is 3.38. The molecule has 0 aromatic heterocycles. The van der Waals surface area contributed by atoms with Gasteiger partial charge in [0.2, 0.25) is 0 Å². The lowest BCUT2D eigenvalue weighted by molar-refractivity contribution is 0.0981. The molecule has 1 fully saturated rings. The van der Waals surface area contributed by atoms with Crippen molar-refractivity contribution < 1.29 is 9.47 Å². The van der Waals surface area contributed by atoms with E-state index in [1.165, 1.54) is 30.4 Å². The van der Waals surface area contributed by atoms with Crippen molar-refractivity contribution in [1.29, 1.82) is 0 Å². The van der Waals surface area contributed by atoms with Crippen molar-refractivity contribution in [3.05, 3.63) is 29.3 Å². The minimum Gasteiger partial charge on any atom is -0.493 e. The molecular weight excluding hydrogens is 250 g/mol. The van der Waals surface area contributed by atoms with Gasteiger partial charge in [-0.15, -0.1) is 0 Å². The minimum absolute atomic E-state index is 0.480. The van der Waals surface area contributed by atoms with Crippen molar-refractivity contribution in [2.24, 2.45) is 0 Å². The molecule has 2 aliphatic rings. The summed E-state index contributed by atoms with van der Waals surface area (Å²) in [6.45, 7) is 1.75. The van der Waals surface area contributed by atoms with E-state index < -0.39 is 0 Å². The van der Waals surface area contributed by atoms with Crippen molar-refractivity contribution >= 4 is 0 Å². The van der Waals surface area contributed by atoms with Gasteiger partial charge in [0.15, 0.2) is 0 Å². The summed E-state index contributed by atoms with van der Waals surface area (Å²) in [5.74, 6) is 1.09. The molecule has 110 valence electrons. The monoisotopic (exact) mass is 275 g/mol. The molecule has 2 unspecified atom stereocenters. The van der Waals surface area contributed by atoms with Gasteiger partial charge in [-0.3, -0.25) is 0 Å². The Balaban J connectivity index is 1.52. The van der Waals surface area contributed by atoms with Crippen LogP contribution in [0.15, 0.2) is 18.2 Å². The third kappa shape index (κ3) is 2.99. The van der Waals surface area contributed by atoms with Gasteiger partial charge in [0.05, 0.1) is 12.7 Å². The van der Waals surface area contributed by atoms with Crippen LogP contribution in [0, 0.1) is 0 Å². The smallest absolute Gasteiger partial charge is 0.122 e. The van der Waals surface area contributed by atoms with Crippen LogP contribution in [-0.4, -0.2) is 26.4 Å². The fourth-order valence-corrected chi connectivity index (χ4v) is 3.42. The van der Waals surface area contributed by atoms with Crippen molar-refractivity contribution in [2.45, 2.75) is 50.7 Å². The van der Waals surface area contributed by atoms with Crippen LogP contribution in [0.4, 0.5) is 0 Å². The number of hydrogen-bond donors (Lipinski definition) is 1. The second kappa shape index (κ2) is 6.59.